The number of fused-ring (bicyclic) bond motifs is 3. The van der Waals surface area contributed by atoms with Crippen molar-refractivity contribution in [2.75, 3.05) is 0 Å². The number of rotatable bonds is 6. The van der Waals surface area contributed by atoms with Crippen LogP contribution in [0.2, 0.25) is 10.5 Å². The fourth-order valence-electron chi connectivity index (χ4n) is 7.64. The van der Waals surface area contributed by atoms with E-state index in [2.05, 4.69) is 24.3 Å². The van der Waals surface area contributed by atoms with Gasteiger partial charge >= 0.3 is 256 Å². The average molecular weight is 631 g/mol. The molecule has 0 fully saturated rings. The Morgan fingerprint density at radius 2 is 1.23 bits per heavy atom. The molecule has 0 aliphatic heterocycles. The van der Waals surface area contributed by atoms with Gasteiger partial charge in [0.1, 0.15) is 0 Å². The first kappa shape index (κ1) is 28.5. The third-order valence-electron chi connectivity index (χ3n) is 10.2. The molecule has 6 heteroatoms. The Kier molecular flexibility index (Phi) is 5.75. The first-order valence-electron chi connectivity index (χ1n) is 15.0. The molecule has 5 aromatic carbocycles. The third-order valence-corrected chi connectivity index (χ3v) is 27.7. The van der Waals surface area contributed by atoms with Crippen molar-refractivity contribution in [1.29, 1.82) is 0 Å². The van der Waals surface area contributed by atoms with Gasteiger partial charge in [-0.1, -0.05) is 0 Å². The predicted molar refractivity (Wildman–Crippen MR) is 179 cm³/mol. The molecule has 2 aliphatic rings. The molecular formula is C38H34O4SiTi. The second-order valence-electron chi connectivity index (χ2n) is 14.1. The van der Waals surface area contributed by atoms with E-state index < -0.39 is 28.4 Å². The van der Waals surface area contributed by atoms with Gasteiger partial charge in [-0.05, 0) is 0 Å². The molecule has 0 amide bonds. The van der Waals surface area contributed by atoms with Gasteiger partial charge < -0.3 is 0 Å². The third kappa shape index (κ3) is 4.00. The second-order valence-corrected chi connectivity index (χ2v) is 41.9. The Hall–Kier alpha value is -4.29. The summed E-state index contributed by atoms with van der Waals surface area (Å²) in [6, 6.07) is 34.9. The summed E-state index contributed by atoms with van der Waals surface area (Å²) in [5.41, 5.74) is 2.87. The topological polar surface area (TPSA) is 52.6 Å². The van der Waals surface area contributed by atoms with Crippen LogP contribution >= 0.6 is 0 Å². The van der Waals surface area contributed by atoms with Crippen LogP contribution in [-0.2, 0) is 18.9 Å². The van der Waals surface area contributed by atoms with Crippen LogP contribution in [0.15, 0.2) is 137 Å². The quantitative estimate of drug-likeness (QED) is 0.176. The van der Waals surface area contributed by atoms with Crippen molar-refractivity contribution in [3.8, 4) is 0 Å². The van der Waals surface area contributed by atoms with Crippen LogP contribution in [0.3, 0.4) is 0 Å². The molecule has 0 bridgehead atoms. The Balaban J connectivity index is 1.53. The molecule has 0 saturated heterocycles. The van der Waals surface area contributed by atoms with Gasteiger partial charge in [0.25, 0.3) is 0 Å². The van der Waals surface area contributed by atoms with Crippen molar-refractivity contribution in [2.24, 2.45) is 0 Å². The van der Waals surface area contributed by atoms with E-state index in [1.807, 2.05) is 114 Å². The molecular weight excluding hydrogens is 596 g/mol. The van der Waals surface area contributed by atoms with Gasteiger partial charge in [0, 0.05) is 0 Å². The molecule has 44 heavy (non-hydrogen) atoms. The summed E-state index contributed by atoms with van der Waals surface area (Å²) in [5, 5.41) is 7.41. The number of hydrogen-bond acceptors (Lipinski definition) is 4. The van der Waals surface area contributed by atoms with E-state index in [1.54, 1.807) is 19.8 Å². The van der Waals surface area contributed by atoms with Gasteiger partial charge in [-0.15, -0.1) is 0 Å². The minimum atomic E-state index is -6.65. The van der Waals surface area contributed by atoms with Crippen LogP contribution in [0, 0.1) is 0 Å². The van der Waals surface area contributed by atoms with Crippen LogP contribution in [0.5, 0.6) is 0 Å². The molecule has 1 atom stereocenters. The molecule has 5 aromatic rings. The summed E-state index contributed by atoms with van der Waals surface area (Å²) in [5.74, 6) is -1.01. The zero-order chi connectivity index (χ0) is 30.7. The summed E-state index contributed by atoms with van der Waals surface area (Å²) in [4.78, 5) is 29.6. The Morgan fingerprint density at radius 3 is 1.80 bits per heavy atom. The second kappa shape index (κ2) is 8.89. The molecule has 218 valence electrons. The number of allylic oxidation sites excluding steroid dienone is 5. The summed E-state index contributed by atoms with van der Waals surface area (Å²) in [6.45, 7) is 0. The summed E-state index contributed by atoms with van der Waals surface area (Å²) >= 11 is -6.65. The van der Waals surface area contributed by atoms with Crippen LogP contribution in [0.1, 0.15) is 42.5 Å². The molecule has 0 radical (unpaired) electrons. The van der Waals surface area contributed by atoms with Crippen molar-refractivity contribution < 1.29 is 28.5 Å². The van der Waals surface area contributed by atoms with Gasteiger partial charge in [-0.25, -0.2) is 0 Å². The van der Waals surface area contributed by atoms with Gasteiger partial charge in [-0.3, -0.25) is 0 Å². The number of carbonyl (C=O) groups excluding carboxylic acids is 2. The monoisotopic (exact) mass is 630 g/mol. The molecule has 7 rings (SSSR count). The Morgan fingerprint density at radius 1 is 0.705 bits per heavy atom. The molecule has 2 aliphatic carbocycles. The van der Waals surface area contributed by atoms with Crippen molar-refractivity contribution in [2.45, 2.75) is 21.1 Å². The van der Waals surface area contributed by atoms with Crippen LogP contribution in [0.25, 0.3) is 27.6 Å². The number of benzene rings is 5. The van der Waals surface area contributed by atoms with E-state index >= 15 is 0 Å². The van der Waals surface area contributed by atoms with Crippen molar-refractivity contribution >= 4 is 47.2 Å². The number of hydrogen-bond donors (Lipinski definition) is 0. The molecule has 0 spiro atoms. The van der Waals surface area contributed by atoms with Crippen molar-refractivity contribution in [1.82, 2.24) is 0 Å². The summed E-state index contributed by atoms with van der Waals surface area (Å²) in [7, 11) is 1.63. The van der Waals surface area contributed by atoms with E-state index in [1.165, 1.54) is 0 Å². The fourth-order valence-corrected chi connectivity index (χ4v) is 22.0. The first-order chi connectivity index (χ1) is 21.0. The zero-order valence-electron chi connectivity index (χ0n) is 24.9. The van der Waals surface area contributed by atoms with Crippen LogP contribution in [-0.4, -0.2) is 19.6 Å². The molecule has 0 N–H and O–H groups in total. The first-order valence-corrected chi connectivity index (χ1v) is 25.1. The molecule has 1 unspecified atom stereocenters. The average Bonchev–Trinajstić information content (AvgIpc) is 3.73. The van der Waals surface area contributed by atoms with Crippen LogP contribution in [0.4, 0.5) is 0 Å². The van der Waals surface area contributed by atoms with E-state index in [4.69, 9.17) is 6.64 Å². The van der Waals surface area contributed by atoms with Crippen molar-refractivity contribution in [3.63, 3.8) is 0 Å². The predicted octanol–water partition coefficient (Wildman–Crippen LogP) is 8.85. The van der Waals surface area contributed by atoms with E-state index in [-0.39, 0.29) is 0 Å². The zero-order valence-corrected chi connectivity index (χ0v) is 27.9. The fraction of sp³-hybridized carbons (Fsp3) is 0.105. The van der Waals surface area contributed by atoms with Gasteiger partial charge in [0.15, 0.2) is 0 Å². The number of carbonyl (C=O) groups is 2. The van der Waals surface area contributed by atoms with E-state index in [0.717, 1.165) is 36.5 Å². The molecule has 0 saturated carbocycles. The minimum absolute atomic E-state index is 0.437. The SMILES string of the molecule is [CH3][Ti]([CH3])(=[SiH2])([O]C(=O)c1cccc2ccccc12)([O]C(=O)c1cccc2ccccc12)([C]1=CC=CC1)[CH]1C=Cc2ccccc21. The van der Waals surface area contributed by atoms with Crippen molar-refractivity contribution in [3.05, 3.63) is 160 Å². The normalized spacial score (nSPS) is 18.1. The molecule has 4 nitrogen and oxygen atoms in total. The summed E-state index contributed by atoms with van der Waals surface area (Å²) in [6.07, 6.45) is 10.7. The van der Waals surface area contributed by atoms with Gasteiger partial charge in [0.2, 0.25) is 0 Å². The van der Waals surface area contributed by atoms with E-state index in [0.29, 0.717) is 17.5 Å². The Labute approximate surface area is 255 Å². The standard InChI is InChI=1S/2C11H8O2.C9H7.C5H5.2CH3.H2Si.Ti/c2*12-11(13)10-7-3-5-8-4-1-2-6-9(8)10;1-2-5-9-7-3-6-8(9)4-1;1-2-4-5-3-1;;;;/h2*1-7H,(H,12,13);1-7H;1-3H,4H2;2*1H3;1H2;/q;;;;;;;+2/p-2. The van der Waals surface area contributed by atoms with Gasteiger partial charge in [-0.2, -0.15) is 0 Å². The molecule has 0 aromatic heterocycles. The van der Waals surface area contributed by atoms with Gasteiger partial charge in [0.05, 0.1) is 0 Å². The maximum atomic E-state index is 14.8. The maximum absolute atomic E-state index is 14.8. The van der Waals surface area contributed by atoms with E-state index in [9.17, 15) is 9.59 Å². The van der Waals surface area contributed by atoms with Crippen LogP contribution < -0.4 is 0 Å². The summed E-state index contributed by atoms with van der Waals surface area (Å²) < 4.78 is 14.9. The molecule has 0 heterocycles. The Bertz CT molecular complexity index is 2190.